The van der Waals surface area contributed by atoms with Crippen LogP contribution < -0.4 is 9.64 Å². The zero-order valence-corrected chi connectivity index (χ0v) is 32.9. The second-order valence-corrected chi connectivity index (χ2v) is 15.7. The smallest absolute Gasteiger partial charge is 0.132 e. The molecule has 0 saturated carbocycles. The van der Waals surface area contributed by atoms with Gasteiger partial charge in [0.2, 0.25) is 0 Å². The van der Waals surface area contributed by atoms with Crippen molar-refractivity contribution in [2.24, 2.45) is 0 Å². The van der Waals surface area contributed by atoms with Gasteiger partial charge in [-0.05, 0) is 111 Å². The molecule has 11 rings (SSSR count). The lowest BCUT2D eigenvalue weighted by Crippen LogP contribution is -2.32. The van der Waals surface area contributed by atoms with Gasteiger partial charge in [-0.3, -0.25) is 0 Å². The lowest BCUT2D eigenvalue weighted by molar-refractivity contribution is 0.436. The summed E-state index contributed by atoms with van der Waals surface area (Å²) in [6, 6.07) is 68.7. The number of anilines is 3. The van der Waals surface area contributed by atoms with Gasteiger partial charge in [-0.2, -0.15) is 0 Å². The molecular formula is C57H41NO. The van der Waals surface area contributed by atoms with Gasteiger partial charge in [0.25, 0.3) is 0 Å². The molecule has 1 aliphatic heterocycles. The zero-order chi connectivity index (χ0) is 39.7. The van der Waals surface area contributed by atoms with E-state index in [9.17, 15) is 0 Å². The van der Waals surface area contributed by atoms with Crippen LogP contribution in [0.1, 0.15) is 44.5 Å². The van der Waals surface area contributed by atoms with E-state index in [1.54, 1.807) is 0 Å². The Bertz CT molecular complexity index is 2980. The number of aryl methyl sites for hydroxylation is 1. The topological polar surface area (TPSA) is 12.5 Å². The molecule has 280 valence electrons. The molecule has 8 aromatic rings. The van der Waals surface area contributed by atoms with Crippen molar-refractivity contribution in [3.05, 3.63) is 270 Å². The van der Waals surface area contributed by atoms with Crippen molar-refractivity contribution >= 4 is 17.1 Å². The first-order valence-electron chi connectivity index (χ1n) is 20.3. The Labute approximate surface area is 346 Å². The average molecular weight is 756 g/mol. The summed E-state index contributed by atoms with van der Waals surface area (Å²) in [4.78, 5) is 2.41. The molecule has 0 amide bonds. The highest BCUT2D eigenvalue weighted by Gasteiger charge is 2.51. The van der Waals surface area contributed by atoms with E-state index >= 15 is 0 Å². The van der Waals surface area contributed by atoms with Gasteiger partial charge >= 0.3 is 0 Å². The number of rotatable bonds is 7. The molecule has 0 fully saturated rings. The summed E-state index contributed by atoms with van der Waals surface area (Å²) < 4.78 is 6.65. The normalized spacial score (nSPS) is 16.1. The van der Waals surface area contributed by atoms with Crippen LogP contribution in [0.15, 0.2) is 225 Å². The third-order valence-electron chi connectivity index (χ3n) is 12.8. The Morgan fingerprint density at radius 3 is 1.69 bits per heavy atom. The molecule has 0 N–H and O–H groups in total. The highest BCUT2D eigenvalue weighted by Crippen LogP contribution is 2.63. The standard InChI is InChI=1S/C57H41NO/c1-4-17-39(5-2)56(40-30-28-38(3)29-31-40)48-22-11-10-21-45(48)47-36-42(33-35-50(47)56)58(41-18-7-6-8-19-41)43-32-34-46-44-20-9-12-23-49(44)57(53(46)37-43)51-24-13-15-26-54(51)59-55-27-16-14-25-52(55)57/h4-37H,1-2H2,3H3/b39-17+. The van der Waals surface area contributed by atoms with Gasteiger partial charge in [0.15, 0.2) is 0 Å². The monoisotopic (exact) mass is 755 g/mol. The predicted octanol–water partition coefficient (Wildman–Crippen LogP) is 14.5. The van der Waals surface area contributed by atoms with E-state index < -0.39 is 10.8 Å². The molecule has 1 spiro atoms. The van der Waals surface area contributed by atoms with E-state index in [0.717, 1.165) is 45.3 Å². The summed E-state index contributed by atoms with van der Waals surface area (Å²) in [6.45, 7) is 10.6. The van der Waals surface area contributed by atoms with Crippen LogP contribution in [-0.4, -0.2) is 0 Å². The van der Waals surface area contributed by atoms with Crippen molar-refractivity contribution < 1.29 is 4.74 Å². The summed E-state index contributed by atoms with van der Waals surface area (Å²) in [5.41, 5.74) is 17.8. The minimum Gasteiger partial charge on any atom is -0.457 e. The van der Waals surface area contributed by atoms with Crippen LogP contribution in [0.25, 0.3) is 22.3 Å². The highest BCUT2D eigenvalue weighted by atomic mass is 16.5. The van der Waals surface area contributed by atoms with Crippen LogP contribution in [-0.2, 0) is 10.8 Å². The Morgan fingerprint density at radius 2 is 1.02 bits per heavy atom. The third-order valence-corrected chi connectivity index (χ3v) is 12.8. The lowest BCUT2D eigenvalue weighted by Gasteiger charge is -2.39. The largest absolute Gasteiger partial charge is 0.457 e. The van der Waals surface area contributed by atoms with Crippen LogP contribution in [0.3, 0.4) is 0 Å². The van der Waals surface area contributed by atoms with E-state index in [1.165, 1.54) is 55.6 Å². The van der Waals surface area contributed by atoms with Crippen molar-refractivity contribution in [3.63, 3.8) is 0 Å². The summed E-state index contributed by atoms with van der Waals surface area (Å²) in [5, 5.41) is 0. The van der Waals surface area contributed by atoms with E-state index in [0.29, 0.717) is 0 Å². The summed E-state index contributed by atoms with van der Waals surface area (Å²) in [7, 11) is 0. The molecule has 3 aliphatic rings. The Morgan fingerprint density at radius 1 is 0.475 bits per heavy atom. The Kier molecular flexibility index (Phi) is 7.86. The first kappa shape index (κ1) is 34.8. The van der Waals surface area contributed by atoms with Crippen LogP contribution in [0.4, 0.5) is 17.1 Å². The van der Waals surface area contributed by atoms with Crippen molar-refractivity contribution in [2.45, 2.75) is 17.8 Å². The summed E-state index contributed by atoms with van der Waals surface area (Å²) >= 11 is 0. The van der Waals surface area contributed by atoms with Gasteiger partial charge in [-0.25, -0.2) is 0 Å². The van der Waals surface area contributed by atoms with E-state index in [4.69, 9.17) is 4.74 Å². The average Bonchev–Trinajstić information content (AvgIpc) is 3.74. The first-order valence-corrected chi connectivity index (χ1v) is 20.3. The zero-order valence-electron chi connectivity index (χ0n) is 32.9. The number of para-hydroxylation sites is 3. The molecule has 0 bridgehead atoms. The number of ether oxygens (including phenoxy) is 1. The SMILES string of the molecule is C=C/C=C(\C=C)C1(c2ccc(C)cc2)c2ccccc2-c2cc(N(c3ccccc3)c3ccc4c(c3)C3(c5ccccc5Oc5ccccc53)c3ccccc3-4)ccc21. The molecule has 59 heavy (non-hydrogen) atoms. The molecule has 2 nitrogen and oxygen atoms in total. The molecule has 0 aromatic heterocycles. The van der Waals surface area contributed by atoms with Crippen molar-refractivity contribution in [3.8, 4) is 33.8 Å². The third kappa shape index (κ3) is 4.81. The molecule has 1 atom stereocenters. The molecule has 2 heteroatoms. The van der Waals surface area contributed by atoms with E-state index in [1.807, 2.05) is 12.2 Å². The van der Waals surface area contributed by atoms with Gasteiger partial charge < -0.3 is 9.64 Å². The van der Waals surface area contributed by atoms with Gasteiger partial charge in [-0.15, -0.1) is 0 Å². The minimum absolute atomic E-state index is 0.568. The van der Waals surface area contributed by atoms with Gasteiger partial charge in [-0.1, -0.05) is 176 Å². The molecular weight excluding hydrogens is 715 g/mol. The number of fused-ring (bicyclic) bond motifs is 12. The fourth-order valence-electron chi connectivity index (χ4n) is 10.5. The molecule has 0 radical (unpaired) electrons. The van der Waals surface area contributed by atoms with Gasteiger partial charge in [0.05, 0.1) is 10.8 Å². The molecule has 1 unspecified atom stereocenters. The molecule has 1 heterocycles. The van der Waals surface area contributed by atoms with Gasteiger partial charge in [0, 0.05) is 28.2 Å². The molecule has 8 aromatic carbocycles. The maximum absolute atomic E-state index is 6.65. The lowest BCUT2D eigenvalue weighted by atomic mass is 9.66. The second-order valence-electron chi connectivity index (χ2n) is 15.7. The van der Waals surface area contributed by atoms with E-state index in [2.05, 4.69) is 219 Å². The minimum atomic E-state index is -0.571. The van der Waals surface area contributed by atoms with Crippen LogP contribution in [0, 0.1) is 6.92 Å². The fourth-order valence-corrected chi connectivity index (χ4v) is 10.5. The summed E-state index contributed by atoms with van der Waals surface area (Å²) in [5.74, 6) is 1.77. The first-order chi connectivity index (χ1) is 29.1. The quantitative estimate of drug-likeness (QED) is 0.150. The number of hydrogen-bond donors (Lipinski definition) is 0. The van der Waals surface area contributed by atoms with E-state index in [-0.39, 0.29) is 0 Å². The van der Waals surface area contributed by atoms with Gasteiger partial charge in [0.1, 0.15) is 11.5 Å². The molecule has 0 saturated heterocycles. The molecule has 2 aliphatic carbocycles. The number of nitrogens with zero attached hydrogens (tertiary/aromatic N) is 1. The van der Waals surface area contributed by atoms with Crippen molar-refractivity contribution in [2.75, 3.05) is 4.90 Å². The van der Waals surface area contributed by atoms with Crippen molar-refractivity contribution in [1.82, 2.24) is 0 Å². The fraction of sp³-hybridized carbons (Fsp3) is 0.0526. The number of hydrogen-bond acceptors (Lipinski definition) is 2. The maximum Gasteiger partial charge on any atom is 0.132 e. The van der Waals surface area contributed by atoms with Crippen molar-refractivity contribution in [1.29, 1.82) is 0 Å². The van der Waals surface area contributed by atoms with Crippen LogP contribution >= 0.6 is 0 Å². The Hall–Kier alpha value is -7.42. The summed E-state index contributed by atoms with van der Waals surface area (Å²) in [6.07, 6.45) is 6.00. The number of allylic oxidation sites excluding steroid dienone is 4. The second kappa shape index (κ2) is 13.3. The van der Waals surface area contributed by atoms with Crippen LogP contribution in [0.2, 0.25) is 0 Å². The predicted molar refractivity (Wildman–Crippen MR) is 243 cm³/mol. The Balaban J connectivity index is 1.17. The maximum atomic E-state index is 6.65. The highest BCUT2D eigenvalue weighted by molar-refractivity contribution is 5.93. The number of benzene rings is 8. The van der Waals surface area contributed by atoms with Crippen LogP contribution in [0.5, 0.6) is 11.5 Å².